The molecule has 0 saturated carbocycles. The normalized spacial score (nSPS) is 39.8. The highest BCUT2D eigenvalue weighted by Crippen LogP contribution is 2.30. The molecule has 0 aromatic carbocycles. The van der Waals surface area contributed by atoms with E-state index in [0.29, 0.717) is 11.9 Å². The van der Waals surface area contributed by atoms with Crippen LogP contribution in [0.25, 0.3) is 0 Å². The Morgan fingerprint density at radius 3 is 2.64 bits per heavy atom. The molecule has 2 N–H and O–H groups in total. The highest BCUT2D eigenvalue weighted by molar-refractivity contribution is 14.2. The van der Waals surface area contributed by atoms with Crippen LogP contribution in [0.1, 0.15) is 0 Å². The molecule has 1 rings (SSSR count). The van der Waals surface area contributed by atoms with E-state index in [9.17, 15) is 10.2 Å². The van der Waals surface area contributed by atoms with E-state index >= 15 is 0 Å². The highest BCUT2D eigenvalue weighted by Gasteiger charge is 2.39. The summed E-state index contributed by atoms with van der Waals surface area (Å²) >= 11 is 5.44. The van der Waals surface area contributed by atoms with E-state index in [0.717, 1.165) is 0 Å². The van der Waals surface area contributed by atoms with Crippen molar-refractivity contribution >= 4 is 46.3 Å². The average molecular weight is 354 g/mol. The molecule has 0 aromatic rings. The molecule has 66 valence electrons. The lowest BCUT2D eigenvalue weighted by Crippen LogP contribution is -2.33. The molecule has 3 nitrogen and oxygen atoms in total. The molecule has 3 unspecified atom stereocenters. The number of rotatable bonds is 2. The number of hydrogen-bond donors (Lipinski definition) is 2. The van der Waals surface area contributed by atoms with Gasteiger partial charge in [0.05, 0.1) is 18.2 Å². The highest BCUT2D eigenvalue weighted by atomic mass is 127. The van der Waals surface area contributed by atoms with Crippen molar-refractivity contribution in [1.82, 2.24) is 4.31 Å². The summed E-state index contributed by atoms with van der Waals surface area (Å²) in [4.78, 5) is 0. The van der Waals surface area contributed by atoms with Gasteiger partial charge in [0, 0.05) is 33.1 Å². The first kappa shape index (κ1) is 10.5. The molecule has 0 bridgehead atoms. The number of hydrogen-bond acceptors (Lipinski definition) is 4. The van der Waals surface area contributed by atoms with Crippen molar-refractivity contribution in [2.75, 3.05) is 11.9 Å². The predicted molar refractivity (Wildman–Crippen MR) is 57.9 cm³/mol. The van der Waals surface area contributed by atoms with Crippen molar-refractivity contribution in [1.29, 1.82) is 0 Å². The maximum atomic E-state index is 9.42. The van der Waals surface area contributed by atoms with Gasteiger partial charge in [0.15, 0.2) is 0 Å². The summed E-state index contributed by atoms with van der Waals surface area (Å²) in [5.74, 6) is 0. The van der Waals surface area contributed by atoms with Gasteiger partial charge in [-0.05, 0) is 9.12 Å². The van der Waals surface area contributed by atoms with Crippen LogP contribution in [0.2, 0.25) is 0 Å². The Morgan fingerprint density at radius 1 is 1.64 bits per heavy atom. The third-order valence-corrected chi connectivity index (χ3v) is 4.55. The summed E-state index contributed by atoms with van der Waals surface area (Å²) in [6.07, 6.45) is -1.21. The fourth-order valence-corrected chi connectivity index (χ4v) is 3.90. The third-order valence-electron chi connectivity index (χ3n) is 1.77. The first-order valence-electron chi connectivity index (χ1n) is 3.18. The molecular weight excluding hydrogens is 345 g/mol. The largest absolute Gasteiger partial charge is 0.389 e. The predicted octanol–water partition coefficient (Wildman–Crippen LogP) is 0.786. The summed E-state index contributed by atoms with van der Waals surface area (Å²) < 4.78 is 1.98. The first-order valence-corrected chi connectivity index (χ1v) is 7.62. The van der Waals surface area contributed by atoms with Gasteiger partial charge in [0.1, 0.15) is 0 Å². The molecule has 0 aliphatic carbocycles. The van der Waals surface area contributed by atoms with Gasteiger partial charge in [-0.3, -0.25) is 0 Å². The van der Waals surface area contributed by atoms with Gasteiger partial charge in [0.2, 0.25) is 0 Å². The second-order valence-corrected chi connectivity index (χ2v) is 4.88. The van der Waals surface area contributed by atoms with Gasteiger partial charge < -0.3 is 10.2 Å². The fourth-order valence-electron chi connectivity index (χ4n) is 1.10. The van der Waals surface area contributed by atoms with Crippen LogP contribution in [0.3, 0.4) is 0 Å². The number of alkyl halides is 1. The quantitative estimate of drug-likeness (QED) is 0.437. The zero-order chi connectivity index (χ0) is 8.43. The van der Waals surface area contributed by atoms with Crippen molar-refractivity contribution in [3.63, 3.8) is 0 Å². The first-order chi connectivity index (χ1) is 5.20. The molecule has 1 aliphatic rings. The number of aliphatic hydroxyl groups is 2. The van der Waals surface area contributed by atoms with E-state index in [2.05, 4.69) is 37.1 Å². The molecule has 1 heterocycles. The summed E-state index contributed by atoms with van der Waals surface area (Å²) in [7, 11) is 1.53. The second kappa shape index (κ2) is 4.61. The Hall–Kier alpha value is 1.44. The summed E-state index contributed by atoms with van der Waals surface area (Å²) in [5, 5.41) is 19.4. The van der Waals surface area contributed by atoms with Crippen molar-refractivity contribution in [2.45, 2.75) is 18.2 Å². The molecule has 6 heteroatoms. The number of aliphatic hydroxyl groups excluding tert-OH is 2. The van der Waals surface area contributed by atoms with Crippen LogP contribution in [-0.4, -0.2) is 44.6 Å². The number of β-amino-alcohol motifs (C(OH)–C–C–N with tert-alkyl or cyclic N) is 1. The Morgan fingerprint density at radius 2 is 2.27 bits per heavy atom. The molecule has 1 aliphatic heterocycles. The number of halogens is 2. The monoisotopic (exact) mass is 353 g/mol. The van der Waals surface area contributed by atoms with Crippen LogP contribution < -0.4 is 0 Å². The minimum Gasteiger partial charge on any atom is -0.389 e. The third kappa shape index (κ3) is 2.22. The van der Waals surface area contributed by atoms with Gasteiger partial charge in [-0.15, -0.1) is 0 Å². The molecule has 11 heavy (non-hydrogen) atoms. The summed E-state index contributed by atoms with van der Waals surface area (Å²) in [6.45, 7) is 0.547. The van der Waals surface area contributed by atoms with E-state index in [1.54, 1.807) is 0 Å². The molecule has 0 spiro atoms. The van der Waals surface area contributed by atoms with Gasteiger partial charge in [-0.1, -0.05) is 15.9 Å². The molecule has 0 radical (unpaired) electrons. The van der Waals surface area contributed by atoms with Crippen molar-refractivity contribution in [2.24, 2.45) is 0 Å². The maximum Gasteiger partial charge on any atom is 0.0984 e. The maximum absolute atomic E-state index is 9.42. The van der Waals surface area contributed by atoms with Crippen LogP contribution in [0, 0.1) is 0 Å². The lowest BCUT2D eigenvalue weighted by Gasteiger charge is -2.19. The van der Waals surface area contributed by atoms with Gasteiger partial charge in [0.25, 0.3) is 0 Å². The molecule has 0 amide bonds. The van der Waals surface area contributed by atoms with Crippen LogP contribution in [0.5, 0.6) is 0 Å². The lowest BCUT2D eigenvalue weighted by molar-refractivity contribution is 0.0438. The molecule has 1 fully saturated rings. The van der Waals surface area contributed by atoms with E-state index in [1.807, 2.05) is 4.31 Å². The summed E-state index contributed by atoms with van der Waals surface area (Å²) in [5.41, 5.74) is 0. The summed E-state index contributed by atoms with van der Waals surface area (Å²) in [6, 6.07) is 0.0342. The molecule has 3 atom stereocenters. The van der Waals surface area contributed by atoms with Crippen LogP contribution in [0.15, 0.2) is 0 Å². The molecule has 1 saturated heterocycles. The van der Waals surface area contributed by atoms with E-state index in [1.165, 1.54) is 9.12 Å². The molecular formula is C5H9BrINO2S. The van der Waals surface area contributed by atoms with E-state index in [-0.39, 0.29) is 6.04 Å². The Balaban J connectivity index is 2.57. The average Bonchev–Trinajstić information content (AvgIpc) is 2.28. The Bertz CT molecular complexity index is 142. The topological polar surface area (TPSA) is 43.7 Å². The van der Waals surface area contributed by atoms with Gasteiger partial charge in [-0.25, -0.2) is 4.31 Å². The fraction of sp³-hybridized carbons (Fsp3) is 1.00. The standard InChI is InChI=1S/C5H9BrINO2S/c6-1-3-5(10)4(9)2-8(3)11-7/h3-5,9-10H,1-2H2. The van der Waals surface area contributed by atoms with Crippen LogP contribution in [0.4, 0.5) is 0 Å². The SMILES string of the molecule is OC1CN(SI)C(CBr)C1O. The van der Waals surface area contributed by atoms with Crippen LogP contribution >= 0.6 is 46.3 Å². The minimum atomic E-state index is -0.614. The lowest BCUT2D eigenvalue weighted by atomic mass is 10.2. The van der Waals surface area contributed by atoms with Gasteiger partial charge >= 0.3 is 0 Å². The Kier molecular flexibility index (Phi) is 4.41. The molecule has 0 aromatic heterocycles. The van der Waals surface area contributed by atoms with E-state index < -0.39 is 12.2 Å². The minimum absolute atomic E-state index is 0.0342. The van der Waals surface area contributed by atoms with Crippen LogP contribution in [-0.2, 0) is 0 Å². The zero-order valence-corrected chi connectivity index (χ0v) is 10.2. The zero-order valence-electron chi connectivity index (χ0n) is 5.65. The number of nitrogens with zero attached hydrogens (tertiary/aromatic N) is 1. The van der Waals surface area contributed by atoms with E-state index in [4.69, 9.17) is 0 Å². The Labute approximate surface area is 90.4 Å². The smallest absolute Gasteiger partial charge is 0.0984 e. The second-order valence-electron chi connectivity index (χ2n) is 2.45. The van der Waals surface area contributed by atoms with Crippen molar-refractivity contribution in [3.8, 4) is 0 Å². The van der Waals surface area contributed by atoms with Gasteiger partial charge in [-0.2, -0.15) is 0 Å². The van der Waals surface area contributed by atoms with Crippen molar-refractivity contribution in [3.05, 3.63) is 0 Å². The van der Waals surface area contributed by atoms with Crippen molar-refractivity contribution < 1.29 is 10.2 Å².